The van der Waals surface area contributed by atoms with Gasteiger partial charge in [-0.1, -0.05) is 44.2 Å². The Morgan fingerprint density at radius 3 is 2.64 bits per heavy atom. The Morgan fingerprint density at radius 2 is 1.89 bits per heavy atom. The zero-order chi connectivity index (χ0) is 19.9. The number of anilines is 1. The maximum absolute atomic E-state index is 12.5. The number of carbonyl (C=O) groups excluding carboxylic acids is 2. The predicted molar refractivity (Wildman–Crippen MR) is 103 cm³/mol. The van der Waals surface area contributed by atoms with Crippen LogP contribution in [0, 0.1) is 0 Å². The molecule has 1 heterocycles. The number of hydrogen-bond donors (Lipinski definition) is 1. The molecule has 1 amide bonds. The van der Waals surface area contributed by atoms with Crippen LogP contribution in [0.4, 0.5) is 5.69 Å². The zero-order valence-corrected chi connectivity index (χ0v) is 15.7. The van der Waals surface area contributed by atoms with Gasteiger partial charge in [-0.15, -0.1) is 5.10 Å². The second kappa shape index (κ2) is 8.90. The first-order valence-corrected chi connectivity index (χ1v) is 8.98. The molecule has 8 nitrogen and oxygen atoms in total. The number of nitrogens with one attached hydrogen (secondary N) is 1. The largest absolute Gasteiger partial charge is 0.452 e. The van der Waals surface area contributed by atoms with E-state index in [4.69, 9.17) is 4.74 Å². The van der Waals surface area contributed by atoms with Gasteiger partial charge in [-0.05, 0) is 46.5 Å². The lowest BCUT2D eigenvalue weighted by Crippen LogP contribution is -2.22. The van der Waals surface area contributed by atoms with Crippen molar-refractivity contribution in [3.8, 4) is 5.69 Å². The van der Waals surface area contributed by atoms with Gasteiger partial charge >= 0.3 is 5.97 Å². The number of hydrogen-bond acceptors (Lipinski definition) is 6. The molecule has 3 aromatic rings. The van der Waals surface area contributed by atoms with Gasteiger partial charge in [0.25, 0.3) is 5.91 Å². The van der Waals surface area contributed by atoms with E-state index in [2.05, 4.69) is 34.7 Å². The third kappa shape index (κ3) is 4.40. The minimum atomic E-state index is -0.628. The number of benzene rings is 2. The Hall–Kier alpha value is -3.55. The molecule has 0 saturated carbocycles. The summed E-state index contributed by atoms with van der Waals surface area (Å²) in [4.78, 5) is 24.8. The van der Waals surface area contributed by atoms with E-state index in [0.29, 0.717) is 11.6 Å². The van der Waals surface area contributed by atoms with Crippen LogP contribution in [0.2, 0.25) is 0 Å². The van der Waals surface area contributed by atoms with Crippen molar-refractivity contribution in [2.24, 2.45) is 0 Å². The average molecular weight is 379 g/mol. The van der Waals surface area contributed by atoms with E-state index in [1.165, 1.54) is 11.0 Å². The quantitative estimate of drug-likeness (QED) is 0.634. The van der Waals surface area contributed by atoms with Crippen molar-refractivity contribution < 1.29 is 14.3 Å². The number of rotatable bonds is 7. The summed E-state index contributed by atoms with van der Waals surface area (Å²) in [6.07, 6.45) is 2.33. The molecule has 28 heavy (non-hydrogen) atoms. The van der Waals surface area contributed by atoms with Crippen molar-refractivity contribution in [3.63, 3.8) is 0 Å². The highest BCUT2D eigenvalue weighted by atomic mass is 16.5. The van der Waals surface area contributed by atoms with Crippen LogP contribution in [0.15, 0.2) is 54.9 Å². The van der Waals surface area contributed by atoms with E-state index in [1.807, 2.05) is 24.3 Å². The highest BCUT2D eigenvalue weighted by Gasteiger charge is 2.17. The molecule has 144 valence electrons. The average Bonchev–Trinajstić information content (AvgIpc) is 3.26. The molecule has 0 aliphatic carbocycles. The van der Waals surface area contributed by atoms with Gasteiger partial charge in [0, 0.05) is 5.69 Å². The summed E-state index contributed by atoms with van der Waals surface area (Å²) in [5.74, 6) is -0.720. The van der Waals surface area contributed by atoms with E-state index in [-0.39, 0.29) is 5.56 Å². The van der Waals surface area contributed by atoms with Crippen LogP contribution in [-0.4, -0.2) is 38.7 Å². The lowest BCUT2D eigenvalue weighted by molar-refractivity contribution is -0.119. The molecule has 3 rings (SSSR count). The van der Waals surface area contributed by atoms with Crippen molar-refractivity contribution >= 4 is 17.6 Å². The van der Waals surface area contributed by atoms with Crippen molar-refractivity contribution in [2.45, 2.75) is 26.2 Å². The molecular formula is C20H21N5O3. The lowest BCUT2D eigenvalue weighted by Gasteiger charge is -2.15. The Morgan fingerprint density at radius 1 is 1.14 bits per heavy atom. The first-order chi connectivity index (χ1) is 13.6. The van der Waals surface area contributed by atoms with Crippen LogP contribution >= 0.6 is 0 Å². The molecule has 0 fully saturated rings. The van der Waals surface area contributed by atoms with Crippen molar-refractivity contribution in [2.75, 3.05) is 11.9 Å². The smallest absolute Gasteiger partial charge is 0.340 e. The van der Waals surface area contributed by atoms with Gasteiger partial charge in [0.2, 0.25) is 0 Å². The van der Waals surface area contributed by atoms with Gasteiger partial charge in [-0.3, -0.25) is 4.79 Å². The second-order valence-electron chi connectivity index (χ2n) is 6.29. The minimum absolute atomic E-state index is 0.266. The fourth-order valence-electron chi connectivity index (χ4n) is 2.77. The summed E-state index contributed by atoms with van der Waals surface area (Å²) < 4.78 is 6.55. The number of para-hydroxylation sites is 2. The fourth-order valence-corrected chi connectivity index (χ4v) is 2.77. The molecule has 0 unspecified atom stereocenters. The van der Waals surface area contributed by atoms with Gasteiger partial charge in [0.1, 0.15) is 6.33 Å². The van der Waals surface area contributed by atoms with Gasteiger partial charge in [-0.2, -0.15) is 4.68 Å². The summed E-state index contributed by atoms with van der Waals surface area (Å²) in [6, 6.07) is 14.4. The summed E-state index contributed by atoms with van der Waals surface area (Å²) >= 11 is 0. The van der Waals surface area contributed by atoms with Gasteiger partial charge in [0.05, 0.1) is 11.3 Å². The number of nitrogens with zero attached hydrogens (tertiary/aromatic N) is 4. The van der Waals surface area contributed by atoms with Gasteiger partial charge in [-0.25, -0.2) is 4.79 Å². The predicted octanol–water partition coefficient (Wildman–Crippen LogP) is 2.97. The van der Waals surface area contributed by atoms with Crippen LogP contribution in [0.5, 0.6) is 0 Å². The molecule has 0 bridgehead atoms. The second-order valence-corrected chi connectivity index (χ2v) is 6.29. The Labute approximate surface area is 162 Å². The first kappa shape index (κ1) is 19.2. The van der Waals surface area contributed by atoms with Crippen molar-refractivity contribution in [3.05, 3.63) is 66.0 Å². The number of esters is 1. The SMILES string of the molecule is CC[C@H](C)c1ccccc1NC(=O)COC(=O)c1ccccc1-n1cnnn1. The summed E-state index contributed by atoms with van der Waals surface area (Å²) in [5.41, 5.74) is 2.52. The standard InChI is InChI=1S/C20H21N5O3/c1-3-14(2)15-8-4-6-10-17(15)22-19(26)12-28-20(27)16-9-5-7-11-18(16)25-13-21-23-24-25/h4-11,13-14H,3,12H2,1-2H3,(H,22,26)/t14-/m0/s1. The number of ether oxygens (including phenoxy) is 1. The fraction of sp³-hybridized carbons (Fsp3) is 0.250. The molecule has 0 aliphatic heterocycles. The number of amides is 1. The topological polar surface area (TPSA) is 99.0 Å². The molecule has 0 saturated heterocycles. The Balaban J connectivity index is 1.66. The highest BCUT2D eigenvalue weighted by Crippen LogP contribution is 2.26. The molecule has 0 radical (unpaired) electrons. The number of carbonyl (C=O) groups is 2. The van der Waals surface area contributed by atoms with Crippen LogP contribution in [0.3, 0.4) is 0 Å². The van der Waals surface area contributed by atoms with E-state index in [1.54, 1.807) is 24.3 Å². The summed E-state index contributed by atoms with van der Waals surface area (Å²) in [7, 11) is 0. The number of aromatic nitrogens is 4. The van der Waals surface area contributed by atoms with Crippen molar-refractivity contribution in [1.82, 2.24) is 20.2 Å². The molecule has 1 N–H and O–H groups in total. The van der Waals surface area contributed by atoms with E-state index in [9.17, 15) is 9.59 Å². The van der Waals surface area contributed by atoms with Crippen LogP contribution in [-0.2, 0) is 9.53 Å². The van der Waals surface area contributed by atoms with Crippen LogP contribution < -0.4 is 5.32 Å². The molecule has 1 aromatic heterocycles. The molecule has 0 aliphatic rings. The molecule has 2 aromatic carbocycles. The Kier molecular flexibility index (Phi) is 6.11. The zero-order valence-electron chi connectivity index (χ0n) is 15.7. The normalized spacial score (nSPS) is 11.6. The Bertz CT molecular complexity index is 956. The molecular weight excluding hydrogens is 358 g/mol. The summed E-state index contributed by atoms with van der Waals surface area (Å²) in [5, 5.41) is 13.7. The van der Waals surface area contributed by atoms with E-state index >= 15 is 0 Å². The monoisotopic (exact) mass is 379 g/mol. The molecule has 1 atom stereocenters. The summed E-state index contributed by atoms with van der Waals surface area (Å²) in [6.45, 7) is 3.80. The third-order valence-corrected chi connectivity index (χ3v) is 4.43. The maximum atomic E-state index is 12.5. The van der Waals surface area contributed by atoms with Gasteiger partial charge in [0.15, 0.2) is 6.61 Å². The van der Waals surface area contributed by atoms with Crippen molar-refractivity contribution in [1.29, 1.82) is 0 Å². The third-order valence-electron chi connectivity index (χ3n) is 4.43. The number of tetrazole rings is 1. The molecule has 0 spiro atoms. The minimum Gasteiger partial charge on any atom is -0.452 e. The highest BCUT2D eigenvalue weighted by molar-refractivity contribution is 5.97. The maximum Gasteiger partial charge on any atom is 0.340 e. The first-order valence-electron chi connectivity index (χ1n) is 8.98. The van der Waals surface area contributed by atoms with Crippen LogP contribution in [0.25, 0.3) is 5.69 Å². The lowest BCUT2D eigenvalue weighted by atomic mass is 9.97. The van der Waals surface area contributed by atoms with E-state index < -0.39 is 18.5 Å². The van der Waals surface area contributed by atoms with E-state index in [0.717, 1.165) is 17.7 Å². The molecule has 8 heteroatoms. The van der Waals surface area contributed by atoms with Gasteiger partial charge < -0.3 is 10.1 Å². The van der Waals surface area contributed by atoms with Crippen LogP contribution in [0.1, 0.15) is 42.1 Å².